The van der Waals surface area contributed by atoms with Crippen molar-refractivity contribution in [3.8, 4) is 0 Å². The first-order valence-corrected chi connectivity index (χ1v) is 12.9. The van der Waals surface area contributed by atoms with E-state index in [4.69, 9.17) is 9.47 Å². The van der Waals surface area contributed by atoms with Gasteiger partial charge in [0.25, 0.3) is 0 Å². The van der Waals surface area contributed by atoms with Crippen LogP contribution < -0.4 is 4.90 Å². The predicted molar refractivity (Wildman–Crippen MR) is 152 cm³/mol. The summed E-state index contributed by atoms with van der Waals surface area (Å²) in [5.41, 5.74) is 5.43. The van der Waals surface area contributed by atoms with E-state index in [1.54, 1.807) is 0 Å². The Bertz CT molecular complexity index is 1210. The van der Waals surface area contributed by atoms with Crippen LogP contribution in [0.15, 0.2) is 115 Å². The Balaban J connectivity index is 1.53. The first-order chi connectivity index (χ1) is 18.0. The van der Waals surface area contributed by atoms with Crippen LogP contribution in [0.25, 0.3) is 5.57 Å². The van der Waals surface area contributed by atoms with Gasteiger partial charge in [-0.25, -0.2) is 0 Å². The second kappa shape index (κ2) is 13.0. The summed E-state index contributed by atoms with van der Waals surface area (Å²) in [7, 11) is 2.13. The molecule has 0 bridgehead atoms. The summed E-state index contributed by atoms with van der Waals surface area (Å²) in [5, 5.41) is 9.41. The van der Waals surface area contributed by atoms with Crippen molar-refractivity contribution < 1.29 is 14.6 Å². The Hall–Kier alpha value is -3.76. The summed E-state index contributed by atoms with van der Waals surface area (Å²) < 4.78 is 12.1. The standard InChI is InChI=1S/C33H37NO3/c1-25(36-23-27-11-6-4-7-12-27)17-18-33(26(2)37-24-28-13-8-5-9-14-28)30-15-10-16-31(21-30)34(3)32-19-29(20-32)22-35/h4-18,21,29,32,35H,1,19-20,22-24H2,2-3H3/b18-17-,33-26-. The minimum atomic E-state index is 0.274. The summed E-state index contributed by atoms with van der Waals surface area (Å²) in [4.78, 5) is 2.32. The van der Waals surface area contributed by atoms with Crippen molar-refractivity contribution in [1.82, 2.24) is 0 Å². The maximum Gasteiger partial charge on any atom is 0.113 e. The fourth-order valence-corrected chi connectivity index (χ4v) is 4.50. The average molecular weight is 496 g/mol. The molecule has 0 radical (unpaired) electrons. The van der Waals surface area contributed by atoms with Crippen molar-refractivity contribution in [3.05, 3.63) is 132 Å². The van der Waals surface area contributed by atoms with Crippen LogP contribution in [0.4, 0.5) is 5.69 Å². The van der Waals surface area contributed by atoms with Crippen LogP contribution in [-0.2, 0) is 22.7 Å². The van der Waals surface area contributed by atoms with E-state index in [2.05, 4.69) is 54.9 Å². The quantitative estimate of drug-likeness (QED) is 0.214. The van der Waals surface area contributed by atoms with E-state index in [0.717, 1.165) is 46.6 Å². The zero-order valence-corrected chi connectivity index (χ0v) is 21.8. The van der Waals surface area contributed by atoms with Gasteiger partial charge < -0.3 is 19.5 Å². The van der Waals surface area contributed by atoms with Crippen LogP contribution in [0.1, 0.15) is 36.5 Å². The largest absolute Gasteiger partial charge is 0.493 e. The van der Waals surface area contributed by atoms with E-state index in [-0.39, 0.29) is 6.61 Å². The number of rotatable bonds is 12. The van der Waals surface area contributed by atoms with Crippen molar-refractivity contribution in [2.75, 3.05) is 18.6 Å². The molecule has 4 rings (SSSR count). The van der Waals surface area contributed by atoms with Gasteiger partial charge in [-0.3, -0.25) is 0 Å². The molecule has 3 aromatic carbocycles. The Morgan fingerprint density at radius 1 is 0.892 bits per heavy atom. The van der Waals surface area contributed by atoms with E-state index in [0.29, 0.717) is 30.9 Å². The van der Waals surface area contributed by atoms with Gasteiger partial charge in [-0.15, -0.1) is 0 Å². The molecule has 0 amide bonds. The minimum absolute atomic E-state index is 0.274. The van der Waals surface area contributed by atoms with Gasteiger partial charge in [0.15, 0.2) is 0 Å². The topological polar surface area (TPSA) is 41.9 Å². The van der Waals surface area contributed by atoms with Gasteiger partial charge in [0, 0.05) is 31.0 Å². The van der Waals surface area contributed by atoms with Gasteiger partial charge in [0.1, 0.15) is 24.7 Å². The van der Waals surface area contributed by atoms with Gasteiger partial charge in [-0.1, -0.05) is 79.4 Å². The second-order valence-corrected chi connectivity index (χ2v) is 9.65. The molecule has 192 valence electrons. The lowest BCUT2D eigenvalue weighted by atomic mass is 9.80. The molecule has 1 aliphatic carbocycles. The number of nitrogens with zero attached hydrogens (tertiary/aromatic N) is 1. The third-order valence-electron chi connectivity index (χ3n) is 6.96. The van der Waals surface area contributed by atoms with Crippen molar-refractivity contribution in [2.24, 2.45) is 5.92 Å². The van der Waals surface area contributed by atoms with E-state index >= 15 is 0 Å². The van der Waals surface area contributed by atoms with Gasteiger partial charge in [0.05, 0.1) is 0 Å². The number of hydrogen-bond donors (Lipinski definition) is 1. The van der Waals surface area contributed by atoms with E-state index in [1.165, 1.54) is 0 Å². The molecule has 0 heterocycles. The van der Waals surface area contributed by atoms with Gasteiger partial charge in [-0.05, 0) is 66.7 Å². The predicted octanol–water partition coefficient (Wildman–Crippen LogP) is 7.13. The van der Waals surface area contributed by atoms with Crippen LogP contribution in [0.5, 0.6) is 0 Å². The molecule has 0 aliphatic heterocycles. The highest BCUT2D eigenvalue weighted by Crippen LogP contribution is 2.34. The third-order valence-corrected chi connectivity index (χ3v) is 6.96. The Labute approximate surface area is 221 Å². The lowest BCUT2D eigenvalue weighted by Gasteiger charge is -2.41. The molecular weight excluding hydrogens is 458 g/mol. The van der Waals surface area contributed by atoms with Crippen molar-refractivity contribution in [1.29, 1.82) is 0 Å². The molecule has 4 heteroatoms. The van der Waals surface area contributed by atoms with Crippen molar-refractivity contribution >= 4 is 11.3 Å². The van der Waals surface area contributed by atoms with Crippen LogP contribution in [0.2, 0.25) is 0 Å². The SMILES string of the molecule is C=C(/C=C\C(=C(/C)OCc1ccccc1)c1cccc(N(C)C2CC(CO)C2)c1)OCc1ccccc1. The first-order valence-electron chi connectivity index (χ1n) is 12.9. The maximum atomic E-state index is 9.41. The van der Waals surface area contributed by atoms with Crippen LogP contribution in [0.3, 0.4) is 0 Å². The number of aliphatic hydroxyl groups excluding tert-OH is 1. The smallest absolute Gasteiger partial charge is 0.113 e. The molecule has 0 spiro atoms. The Kier molecular flexibility index (Phi) is 9.23. The molecular formula is C33H37NO3. The first kappa shape index (κ1) is 26.3. The number of benzene rings is 3. The highest BCUT2D eigenvalue weighted by atomic mass is 16.5. The molecule has 1 N–H and O–H groups in total. The lowest BCUT2D eigenvalue weighted by Crippen LogP contribution is -2.43. The number of anilines is 1. The fraction of sp³-hybridized carbons (Fsp3) is 0.273. The molecule has 0 aromatic heterocycles. The van der Waals surface area contributed by atoms with Crippen LogP contribution >= 0.6 is 0 Å². The minimum Gasteiger partial charge on any atom is -0.493 e. The molecule has 4 nitrogen and oxygen atoms in total. The lowest BCUT2D eigenvalue weighted by molar-refractivity contribution is 0.142. The van der Waals surface area contributed by atoms with Crippen molar-refractivity contribution in [2.45, 2.75) is 39.0 Å². The molecule has 37 heavy (non-hydrogen) atoms. The Morgan fingerprint density at radius 3 is 2.14 bits per heavy atom. The molecule has 3 aromatic rings. The molecule has 1 aliphatic rings. The monoisotopic (exact) mass is 495 g/mol. The molecule has 0 atom stereocenters. The number of allylic oxidation sites excluding steroid dienone is 4. The number of ether oxygens (including phenoxy) is 2. The summed E-state index contributed by atoms with van der Waals surface area (Å²) >= 11 is 0. The zero-order chi connectivity index (χ0) is 26.0. The van der Waals surface area contributed by atoms with Gasteiger partial charge in [0.2, 0.25) is 0 Å². The highest BCUT2D eigenvalue weighted by Gasteiger charge is 2.31. The van der Waals surface area contributed by atoms with Gasteiger partial charge in [-0.2, -0.15) is 0 Å². The Morgan fingerprint density at radius 2 is 1.51 bits per heavy atom. The normalized spacial score (nSPS) is 17.6. The number of aliphatic hydroxyl groups is 1. The number of hydrogen-bond acceptors (Lipinski definition) is 4. The van der Waals surface area contributed by atoms with Crippen molar-refractivity contribution in [3.63, 3.8) is 0 Å². The highest BCUT2D eigenvalue weighted by molar-refractivity contribution is 5.78. The zero-order valence-electron chi connectivity index (χ0n) is 21.8. The molecule has 0 unspecified atom stereocenters. The molecule has 1 fully saturated rings. The van der Waals surface area contributed by atoms with E-state index in [1.807, 2.05) is 67.6 Å². The summed E-state index contributed by atoms with van der Waals surface area (Å²) in [6.45, 7) is 7.34. The van der Waals surface area contributed by atoms with Crippen LogP contribution in [0, 0.1) is 5.92 Å². The second-order valence-electron chi connectivity index (χ2n) is 9.65. The van der Waals surface area contributed by atoms with E-state index in [9.17, 15) is 5.11 Å². The maximum absolute atomic E-state index is 9.41. The summed E-state index contributed by atoms with van der Waals surface area (Å²) in [6.07, 6.45) is 5.98. The molecule has 1 saturated carbocycles. The fourth-order valence-electron chi connectivity index (χ4n) is 4.50. The van der Waals surface area contributed by atoms with Crippen LogP contribution in [-0.4, -0.2) is 24.8 Å². The third kappa shape index (κ3) is 7.37. The summed E-state index contributed by atoms with van der Waals surface area (Å²) in [5.74, 6) is 1.85. The average Bonchev–Trinajstić information content (AvgIpc) is 2.91. The van der Waals surface area contributed by atoms with Gasteiger partial charge >= 0.3 is 0 Å². The molecule has 0 saturated heterocycles. The summed E-state index contributed by atoms with van der Waals surface area (Å²) in [6, 6.07) is 29.3. The van der Waals surface area contributed by atoms with E-state index < -0.39 is 0 Å².